The van der Waals surface area contributed by atoms with E-state index in [2.05, 4.69) is 25.8 Å². The first-order valence-electron chi connectivity index (χ1n) is 11.8. The molecule has 2 saturated heterocycles. The quantitative estimate of drug-likeness (QED) is 0.641. The predicted molar refractivity (Wildman–Crippen MR) is 127 cm³/mol. The Hall–Kier alpha value is -2.91. The number of benzene rings is 1. The molecular formula is C24H31FN6O2. The second-order valence-electron chi connectivity index (χ2n) is 8.87. The van der Waals surface area contributed by atoms with E-state index in [4.69, 9.17) is 4.74 Å². The van der Waals surface area contributed by atoms with E-state index in [0.717, 1.165) is 70.0 Å². The molecule has 0 radical (unpaired) electrons. The van der Waals surface area contributed by atoms with Gasteiger partial charge in [0.2, 0.25) is 0 Å². The number of carbonyl (C=O) groups is 1. The maximum atomic E-state index is 15.5. The first-order chi connectivity index (χ1) is 16.1. The van der Waals surface area contributed by atoms with E-state index in [-0.39, 0.29) is 24.3 Å². The van der Waals surface area contributed by atoms with Gasteiger partial charge in [-0.25, -0.2) is 9.37 Å². The predicted octanol–water partition coefficient (Wildman–Crippen LogP) is 2.62. The third-order valence-corrected chi connectivity index (χ3v) is 6.78. The van der Waals surface area contributed by atoms with Gasteiger partial charge in [-0.05, 0) is 43.7 Å². The van der Waals surface area contributed by atoms with E-state index in [1.807, 2.05) is 36.2 Å². The van der Waals surface area contributed by atoms with Crippen molar-refractivity contribution in [2.24, 2.45) is 0 Å². The Morgan fingerprint density at radius 3 is 2.79 bits per heavy atom. The molecule has 4 heterocycles. The first-order valence-corrected chi connectivity index (χ1v) is 11.8. The summed E-state index contributed by atoms with van der Waals surface area (Å²) < 4.78 is 20.9. The molecule has 1 aromatic heterocycles. The zero-order chi connectivity index (χ0) is 22.8. The molecule has 5 rings (SSSR count). The molecule has 176 valence electrons. The third-order valence-electron chi connectivity index (χ3n) is 6.78. The zero-order valence-corrected chi connectivity index (χ0v) is 19.0. The molecular weight excluding hydrogens is 423 g/mol. The van der Waals surface area contributed by atoms with Gasteiger partial charge in [0.05, 0.1) is 18.8 Å². The second-order valence-corrected chi connectivity index (χ2v) is 8.87. The third kappa shape index (κ3) is 4.47. The number of fused-ring (bicyclic) bond motifs is 1. The normalized spacial score (nSPS) is 20.7. The van der Waals surface area contributed by atoms with Gasteiger partial charge in [0, 0.05) is 56.2 Å². The van der Waals surface area contributed by atoms with E-state index in [1.54, 1.807) is 0 Å². The Balaban J connectivity index is 1.43. The highest BCUT2D eigenvalue weighted by Gasteiger charge is 2.32. The monoisotopic (exact) mass is 454 g/mol. The van der Waals surface area contributed by atoms with E-state index in [0.29, 0.717) is 16.9 Å². The number of hydrogen-bond acceptors (Lipinski definition) is 7. The van der Waals surface area contributed by atoms with Gasteiger partial charge < -0.3 is 30.5 Å². The van der Waals surface area contributed by atoms with Crippen molar-refractivity contribution in [3.05, 3.63) is 41.2 Å². The van der Waals surface area contributed by atoms with E-state index in [9.17, 15) is 4.79 Å². The smallest absolute Gasteiger partial charge is 0.255 e. The van der Waals surface area contributed by atoms with Crippen molar-refractivity contribution >= 4 is 28.9 Å². The van der Waals surface area contributed by atoms with Crippen LogP contribution in [0.25, 0.3) is 0 Å². The van der Waals surface area contributed by atoms with Crippen LogP contribution in [-0.4, -0.2) is 63.4 Å². The highest BCUT2D eigenvalue weighted by atomic mass is 19.1. The number of halogens is 1. The Morgan fingerprint density at radius 2 is 2.00 bits per heavy atom. The molecule has 0 saturated carbocycles. The summed E-state index contributed by atoms with van der Waals surface area (Å²) in [5, 5.41) is 9.46. The Morgan fingerprint density at radius 1 is 1.21 bits per heavy atom. The molecule has 2 fully saturated rings. The van der Waals surface area contributed by atoms with Crippen molar-refractivity contribution in [2.45, 2.75) is 31.8 Å². The van der Waals surface area contributed by atoms with E-state index >= 15 is 4.39 Å². The molecule has 1 amide bonds. The zero-order valence-electron chi connectivity index (χ0n) is 19.0. The second kappa shape index (κ2) is 9.52. The number of rotatable bonds is 5. The minimum Gasteiger partial charge on any atom is -0.378 e. The molecule has 1 aromatic carbocycles. The van der Waals surface area contributed by atoms with Crippen LogP contribution in [0.5, 0.6) is 0 Å². The number of carbonyl (C=O) groups excluding carboxylic acids is 1. The van der Waals surface area contributed by atoms with Crippen LogP contribution in [0, 0.1) is 5.82 Å². The van der Waals surface area contributed by atoms with Gasteiger partial charge >= 0.3 is 0 Å². The lowest BCUT2D eigenvalue weighted by Gasteiger charge is -2.29. The van der Waals surface area contributed by atoms with Crippen molar-refractivity contribution in [2.75, 3.05) is 61.6 Å². The largest absolute Gasteiger partial charge is 0.378 e. The number of aromatic nitrogens is 1. The number of amides is 1. The van der Waals surface area contributed by atoms with Crippen LogP contribution in [0.15, 0.2) is 24.3 Å². The fraction of sp³-hybridized carbons (Fsp3) is 0.500. The van der Waals surface area contributed by atoms with Gasteiger partial charge in [0.15, 0.2) is 11.6 Å². The lowest BCUT2D eigenvalue weighted by Crippen LogP contribution is -2.40. The fourth-order valence-electron chi connectivity index (χ4n) is 4.81. The summed E-state index contributed by atoms with van der Waals surface area (Å²) in [7, 11) is 1.89. The van der Waals surface area contributed by atoms with Gasteiger partial charge in [-0.3, -0.25) is 4.79 Å². The van der Waals surface area contributed by atoms with Gasteiger partial charge in [-0.15, -0.1) is 0 Å². The van der Waals surface area contributed by atoms with Crippen molar-refractivity contribution < 1.29 is 13.9 Å². The molecule has 1 unspecified atom stereocenters. The molecule has 1 atom stereocenters. The SMILES string of the molecule is CN(c1nc(Nc2ccc(N3CCOCC3)cc2)c2c(c1F)CNC2=O)C1CCCCNC1. The summed E-state index contributed by atoms with van der Waals surface area (Å²) in [4.78, 5) is 21.3. The molecule has 8 nitrogen and oxygen atoms in total. The average molecular weight is 455 g/mol. The topological polar surface area (TPSA) is 81.8 Å². The minimum absolute atomic E-state index is 0.151. The number of hydrogen-bond donors (Lipinski definition) is 3. The van der Waals surface area contributed by atoms with Crippen LogP contribution in [0.2, 0.25) is 0 Å². The maximum absolute atomic E-state index is 15.5. The fourth-order valence-corrected chi connectivity index (χ4v) is 4.81. The van der Waals surface area contributed by atoms with Crippen LogP contribution >= 0.6 is 0 Å². The number of nitrogens with zero attached hydrogens (tertiary/aromatic N) is 3. The molecule has 33 heavy (non-hydrogen) atoms. The summed E-state index contributed by atoms with van der Waals surface area (Å²) in [6, 6.07) is 8.17. The number of nitrogens with one attached hydrogen (secondary N) is 3. The van der Waals surface area contributed by atoms with Crippen molar-refractivity contribution in [3.8, 4) is 0 Å². The minimum atomic E-state index is -0.414. The highest BCUT2D eigenvalue weighted by Crippen LogP contribution is 2.34. The van der Waals surface area contributed by atoms with Crippen LogP contribution in [0.1, 0.15) is 35.2 Å². The molecule has 3 N–H and O–H groups in total. The molecule has 0 aliphatic carbocycles. The lowest BCUT2D eigenvalue weighted by molar-refractivity contribution is 0.0966. The number of anilines is 4. The molecule has 0 bridgehead atoms. The van der Waals surface area contributed by atoms with Crippen molar-refractivity contribution in [3.63, 3.8) is 0 Å². The number of ether oxygens (including phenoxy) is 1. The Kier molecular flexibility index (Phi) is 6.32. The highest BCUT2D eigenvalue weighted by molar-refractivity contribution is 6.03. The van der Waals surface area contributed by atoms with Gasteiger partial charge in [0.1, 0.15) is 5.82 Å². The van der Waals surface area contributed by atoms with Crippen molar-refractivity contribution in [1.29, 1.82) is 0 Å². The first kappa shape index (κ1) is 21.9. The Bertz CT molecular complexity index is 1000. The summed E-state index contributed by atoms with van der Waals surface area (Å²) in [6.07, 6.45) is 3.19. The summed E-state index contributed by atoms with van der Waals surface area (Å²) in [5.41, 5.74) is 2.60. The standard InChI is InChI=1S/C24H31FN6O2/c1-30(18-4-2-3-9-26-14-18)23-21(25)19-15-27-24(32)20(19)22(29-23)28-16-5-7-17(8-6-16)31-10-12-33-13-11-31/h5-8,18,26H,2-4,9-15H2,1H3,(H,27,32)(H,28,29). The van der Waals surface area contributed by atoms with Gasteiger partial charge in [-0.1, -0.05) is 6.42 Å². The maximum Gasteiger partial charge on any atom is 0.255 e. The van der Waals surface area contributed by atoms with Crippen LogP contribution < -0.4 is 25.8 Å². The number of likely N-dealkylation sites (N-methyl/N-ethyl adjacent to an activating group) is 1. The molecule has 3 aliphatic heterocycles. The van der Waals surface area contributed by atoms with E-state index in [1.165, 1.54) is 0 Å². The lowest BCUT2D eigenvalue weighted by atomic mass is 10.1. The number of morpholine rings is 1. The van der Waals surface area contributed by atoms with E-state index < -0.39 is 5.82 Å². The van der Waals surface area contributed by atoms with Crippen LogP contribution in [-0.2, 0) is 11.3 Å². The summed E-state index contributed by atoms with van der Waals surface area (Å²) in [6.45, 7) is 5.14. The summed E-state index contributed by atoms with van der Waals surface area (Å²) in [5.74, 6) is -0.0344. The number of pyridine rings is 1. The van der Waals surface area contributed by atoms with Crippen LogP contribution in [0.4, 0.5) is 27.4 Å². The molecule has 0 spiro atoms. The van der Waals surface area contributed by atoms with Crippen LogP contribution in [0.3, 0.4) is 0 Å². The van der Waals surface area contributed by atoms with Crippen molar-refractivity contribution in [1.82, 2.24) is 15.6 Å². The average Bonchev–Trinajstić information content (AvgIpc) is 3.05. The molecule has 9 heteroatoms. The molecule has 3 aliphatic rings. The Labute approximate surface area is 193 Å². The summed E-state index contributed by atoms with van der Waals surface area (Å²) >= 11 is 0. The molecule has 2 aromatic rings. The van der Waals surface area contributed by atoms with Gasteiger partial charge in [0.25, 0.3) is 5.91 Å². The van der Waals surface area contributed by atoms with Gasteiger partial charge in [-0.2, -0.15) is 0 Å².